The molecule has 4 nitrogen and oxygen atoms in total. The van der Waals surface area contributed by atoms with Crippen LogP contribution in [0.1, 0.15) is 38.5 Å². The molecule has 100 valence electrons. The fourth-order valence-electron chi connectivity index (χ4n) is 2.48. The molecule has 1 heterocycles. The number of rotatable bonds is 7. The highest BCUT2D eigenvalue weighted by atomic mass is 16.2. The van der Waals surface area contributed by atoms with E-state index in [0.29, 0.717) is 6.61 Å². The van der Waals surface area contributed by atoms with Crippen LogP contribution in [0.15, 0.2) is 0 Å². The maximum Gasteiger partial charge on any atom is 0.224 e. The Morgan fingerprint density at radius 2 is 2.12 bits per heavy atom. The van der Waals surface area contributed by atoms with Gasteiger partial charge >= 0.3 is 0 Å². The molecule has 1 rings (SSSR count). The van der Waals surface area contributed by atoms with Gasteiger partial charge in [0.2, 0.25) is 5.91 Å². The van der Waals surface area contributed by atoms with E-state index in [9.17, 15) is 4.79 Å². The molecule has 0 bridgehead atoms. The monoisotopic (exact) mass is 242 g/mol. The highest BCUT2D eigenvalue weighted by Crippen LogP contribution is 2.17. The number of aliphatic hydroxyl groups excluding tert-OH is 1. The number of carbonyl (C=O) groups is 1. The topological polar surface area (TPSA) is 52.6 Å². The maximum atomic E-state index is 11.6. The first-order valence-corrected chi connectivity index (χ1v) is 6.82. The van der Waals surface area contributed by atoms with Crippen molar-refractivity contribution in [2.75, 3.05) is 33.3 Å². The maximum absolute atomic E-state index is 11.6. The van der Waals surface area contributed by atoms with Gasteiger partial charge in [-0.2, -0.15) is 0 Å². The second kappa shape index (κ2) is 8.48. The molecule has 1 fully saturated rings. The van der Waals surface area contributed by atoms with Crippen LogP contribution >= 0.6 is 0 Å². The Bertz CT molecular complexity index is 221. The number of nitrogens with one attached hydrogen (secondary N) is 1. The van der Waals surface area contributed by atoms with Gasteiger partial charge in [-0.3, -0.25) is 4.79 Å². The van der Waals surface area contributed by atoms with E-state index < -0.39 is 0 Å². The van der Waals surface area contributed by atoms with E-state index in [-0.39, 0.29) is 11.8 Å². The molecule has 1 saturated heterocycles. The van der Waals surface area contributed by atoms with E-state index in [1.807, 2.05) is 0 Å². The van der Waals surface area contributed by atoms with Crippen LogP contribution in [0.5, 0.6) is 0 Å². The fraction of sp³-hybridized carbons (Fsp3) is 0.923. The van der Waals surface area contributed by atoms with Gasteiger partial charge in [-0.05, 0) is 38.8 Å². The predicted molar refractivity (Wildman–Crippen MR) is 68.8 cm³/mol. The highest BCUT2D eigenvalue weighted by Gasteiger charge is 2.24. The number of hydrogen-bond acceptors (Lipinski definition) is 3. The molecule has 2 N–H and O–H groups in total. The Balaban J connectivity index is 2.14. The molecule has 0 aromatic heterocycles. The Hall–Kier alpha value is -0.610. The van der Waals surface area contributed by atoms with Crippen LogP contribution in [0.2, 0.25) is 0 Å². The Labute approximate surface area is 104 Å². The zero-order valence-electron chi connectivity index (χ0n) is 11.0. The zero-order valence-corrected chi connectivity index (χ0v) is 11.0. The van der Waals surface area contributed by atoms with Crippen LogP contribution < -0.4 is 5.32 Å². The van der Waals surface area contributed by atoms with Gasteiger partial charge in [-0.15, -0.1) is 0 Å². The van der Waals surface area contributed by atoms with Crippen LogP contribution in [-0.2, 0) is 4.79 Å². The lowest BCUT2D eigenvalue weighted by Crippen LogP contribution is -2.42. The van der Waals surface area contributed by atoms with E-state index in [4.69, 9.17) is 5.11 Å². The SMILES string of the molecule is CNC(=O)C1CCCN(CCCCCCO)C1. The minimum Gasteiger partial charge on any atom is -0.396 e. The molecule has 17 heavy (non-hydrogen) atoms. The van der Waals surface area contributed by atoms with Gasteiger partial charge < -0.3 is 15.3 Å². The minimum atomic E-state index is 0.186. The normalized spacial score (nSPS) is 21.4. The first-order valence-electron chi connectivity index (χ1n) is 6.82. The van der Waals surface area contributed by atoms with Gasteiger partial charge in [0.15, 0.2) is 0 Å². The summed E-state index contributed by atoms with van der Waals surface area (Å²) in [6, 6.07) is 0. The molecule has 0 saturated carbocycles. The number of hydrogen-bond donors (Lipinski definition) is 2. The number of carbonyl (C=O) groups excluding carboxylic acids is 1. The van der Waals surface area contributed by atoms with Crippen molar-refractivity contribution in [2.24, 2.45) is 5.92 Å². The molecule has 1 aliphatic heterocycles. The molecular weight excluding hydrogens is 216 g/mol. The third-order valence-corrected chi connectivity index (χ3v) is 3.51. The van der Waals surface area contributed by atoms with Crippen molar-refractivity contribution in [1.82, 2.24) is 10.2 Å². The standard InChI is InChI=1S/C13H26N2O2/c1-14-13(17)12-7-6-9-15(11-12)8-4-2-3-5-10-16/h12,16H,2-11H2,1H3,(H,14,17). The summed E-state index contributed by atoms with van der Waals surface area (Å²) in [4.78, 5) is 14.0. The van der Waals surface area contributed by atoms with E-state index >= 15 is 0 Å². The summed E-state index contributed by atoms with van der Waals surface area (Å²) in [6.45, 7) is 3.45. The van der Waals surface area contributed by atoms with E-state index in [0.717, 1.165) is 45.3 Å². The van der Waals surface area contributed by atoms with Crippen molar-refractivity contribution in [1.29, 1.82) is 0 Å². The van der Waals surface area contributed by atoms with Crippen molar-refractivity contribution >= 4 is 5.91 Å². The quantitative estimate of drug-likeness (QED) is 0.655. The van der Waals surface area contributed by atoms with Gasteiger partial charge in [-0.25, -0.2) is 0 Å². The van der Waals surface area contributed by atoms with Crippen molar-refractivity contribution in [3.8, 4) is 0 Å². The molecule has 4 heteroatoms. The van der Waals surface area contributed by atoms with E-state index in [1.54, 1.807) is 7.05 Å². The Morgan fingerprint density at radius 1 is 1.35 bits per heavy atom. The van der Waals surface area contributed by atoms with Crippen LogP contribution in [-0.4, -0.2) is 49.2 Å². The number of piperidine rings is 1. The second-order valence-electron chi connectivity index (χ2n) is 4.89. The van der Waals surface area contributed by atoms with E-state index in [1.165, 1.54) is 12.8 Å². The molecule has 0 aromatic rings. The summed E-state index contributed by atoms with van der Waals surface area (Å²) in [6.07, 6.45) is 6.56. The lowest BCUT2D eigenvalue weighted by molar-refractivity contribution is -0.126. The van der Waals surface area contributed by atoms with Gasteiger partial charge in [0.25, 0.3) is 0 Å². The van der Waals surface area contributed by atoms with Crippen LogP contribution in [0, 0.1) is 5.92 Å². The minimum absolute atomic E-state index is 0.186. The number of amides is 1. The van der Waals surface area contributed by atoms with Crippen LogP contribution in [0.25, 0.3) is 0 Å². The lowest BCUT2D eigenvalue weighted by Gasteiger charge is -2.31. The van der Waals surface area contributed by atoms with Crippen molar-refractivity contribution in [3.05, 3.63) is 0 Å². The van der Waals surface area contributed by atoms with Crippen molar-refractivity contribution in [3.63, 3.8) is 0 Å². The molecule has 1 atom stereocenters. The van der Waals surface area contributed by atoms with Gasteiger partial charge in [0.05, 0.1) is 5.92 Å². The Morgan fingerprint density at radius 3 is 2.82 bits per heavy atom. The molecule has 0 radical (unpaired) electrons. The lowest BCUT2D eigenvalue weighted by atomic mass is 9.97. The molecule has 1 amide bonds. The molecular formula is C13H26N2O2. The average Bonchev–Trinajstić information content (AvgIpc) is 2.38. The van der Waals surface area contributed by atoms with Gasteiger partial charge in [0.1, 0.15) is 0 Å². The number of aliphatic hydroxyl groups is 1. The predicted octanol–water partition coefficient (Wildman–Crippen LogP) is 0.997. The molecule has 1 unspecified atom stereocenters. The van der Waals surface area contributed by atoms with E-state index in [2.05, 4.69) is 10.2 Å². The highest BCUT2D eigenvalue weighted by molar-refractivity contribution is 5.78. The third kappa shape index (κ3) is 5.50. The summed E-state index contributed by atoms with van der Waals surface area (Å²) < 4.78 is 0. The number of likely N-dealkylation sites (tertiary alicyclic amines) is 1. The fourth-order valence-corrected chi connectivity index (χ4v) is 2.48. The Kier molecular flexibility index (Phi) is 7.21. The summed E-state index contributed by atoms with van der Waals surface area (Å²) in [5.41, 5.74) is 0. The summed E-state index contributed by atoms with van der Waals surface area (Å²) in [5.74, 6) is 0.376. The molecule has 0 aliphatic carbocycles. The van der Waals surface area contributed by atoms with Crippen molar-refractivity contribution in [2.45, 2.75) is 38.5 Å². The smallest absolute Gasteiger partial charge is 0.224 e. The summed E-state index contributed by atoms with van der Waals surface area (Å²) >= 11 is 0. The average molecular weight is 242 g/mol. The molecule has 0 spiro atoms. The molecule has 0 aromatic carbocycles. The van der Waals surface area contributed by atoms with Crippen LogP contribution in [0.4, 0.5) is 0 Å². The van der Waals surface area contributed by atoms with Crippen molar-refractivity contribution < 1.29 is 9.90 Å². The van der Waals surface area contributed by atoms with Gasteiger partial charge in [-0.1, -0.05) is 12.8 Å². The van der Waals surface area contributed by atoms with Gasteiger partial charge in [0, 0.05) is 20.2 Å². The summed E-state index contributed by atoms with van der Waals surface area (Å²) in [5, 5.41) is 11.4. The summed E-state index contributed by atoms with van der Waals surface area (Å²) in [7, 11) is 1.72. The second-order valence-corrected chi connectivity index (χ2v) is 4.89. The number of nitrogens with zero attached hydrogens (tertiary/aromatic N) is 1. The number of unbranched alkanes of at least 4 members (excludes halogenated alkanes) is 3. The molecule has 1 aliphatic rings. The first-order chi connectivity index (χ1) is 8.27. The van der Waals surface area contributed by atoms with Crippen LogP contribution in [0.3, 0.4) is 0 Å². The third-order valence-electron chi connectivity index (χ3n) is 3.51. The zero-order chi connectivity index (χ0) is 12.5. The largest absolute Gasteiger partial charge is 0.396 e. The first kappa shape index (κ1) is 14.5.